The molecule has 0 aliphatic carbocycles. The summed E-state index contributed by atoms with van der Waals surface area (Å²) in [6.07, 6.45) is 2.07. The Balaban J connectivity index is 3.12. The molecular formula is C6H16N2O3S. The Morgan fingerprint density at radius 1 is 1.42 bits per heavy atom. The van der Waals surface area contributed by atoms with E-state index in [2.05, 4.69) is 16.8 Å². The van der Waals surface area contributed by atoms with Crippen LogP contribution in [0.3, 0.4) is 0 Å². The fraction of sp³-hybridized carbons (Fsp3) is 1.00. The zero-order valence-electron chi connectivity index (χ0n) is 7.25. The zero-order chi connectivity index (χ0) is 9.45. The minimum atomic E-state index is -3.55. The maximum atomic E-state index is 10.3. The molecule has 0 spiro atoms. The van der Waals surface area contributed by atoms with E-state index in [9.17, 15) is 8.42 Å². The molecule has 0 saturated heterocycles. The van der Waals surface area contributed by atoms with Crippen LogP contribution in [0, 0.1) is 0 Å². The normalized spacial score (nSPS) is 11.8. The molecule has 0 saturated carbocycles. The molecule has 0 aromatic heterocycles. The Labute approximate surface area is 73.5 Å². The standard InChI is InChI=1S/C6H16N2O3S/c1-2-3-5-11-6-4-8-12(7,9)10/h8H,2-6H2,1H3,(H2,7,9,10). The van der Waals surface area contributed by atoms with Gasteiger partial charge in [0, 0.05) is 13.2 Å². The van der Waals surface area contributed by atoms with Crippen molar-refractivity contribution in [3.63, 3.8) is 0 Å². The van der Waals surface area contributed by atoms with Gasteiger partial charge >= 0.3 is 0 Å². The largest absolute Gasteiger partial charge is 0.380 e. The number of hydrogen-bond acceptors (Lipinski definition) is 3. The van der Waals surface area contributed by atoms with Gasteiger partial charge in [-0.3, -0.25) is 0 Å². The molecule has 0 radical (unpaired) electrons. The third-order valence-electron chi connectivity index (χ3n) is 1.19. The molecule has 0 unspecified atom stereocenters. The molecule has 0 aliphatic heterocycles. The highest BCUT2D eigenvalue weighted by Crippen LogP contribution is 1.86. The highest BCUT2D eigenvalue weighted by molar-refractivity contribution is 7.87. The van der Waals surface area contributed by atoms with E-state index in [-0.39, 0.29) is 6.54 Å². The maximum Gasteiger partial charge on any atom is 0.274 e. The summed E-state index contributed by atoms with van der Waals surface area (Å²) in [5.41, 5.74) is 0. The van der Waals surface area contributed by atoms with E-state index >= 15 is 0 Å². The van der Waals surface area contributed by atoms with Crippen molar-refractivity contribution in [3.8, 4) is 0 Å². The molecule has 12 heavy (non-hydrogen) atoms. The summed E-state index contributed by atoms with van der Waals surface area (Å²) in [6, 6.07) is 0. The Morgan fingerprint density at radius 2 is 2.08 bits per heavy atom. The van der Waals surface area contributed by atoms with Gasteiger partial charge in [0.25, 0.3) is 10.2 Å². The third-order valence-corrected chi connectivity index (χ3v) is 1.80. The molecule has 0 heterocycles. The number of rotatable bonds is 7. The van der Waals surface area contributed by atoms with Gasteiger partial charge in [-0.1, -0.05) is 13.3 Å². The van der Waals surface area contributed by atoms with Gasteiger partial charge in [-0.05, 0) is 6.42 Å². The summed E-state index contributed by atoms with van der Waals surface area (Å²) in [7, 11) is -3.55. The van der Waals surface area contributed by atoms with Gasteiger partial charge in [0.15, 0.2) is 0 Å². The van der Waals surface area contributed by atoms with Crippen molar-refractivity contribution in [1.29, 1.82) is 0 Å². The van der Waals surface area contributed by atoms with E-state index in [4.69, 9.17) is 4.74 Å². The van der Waals surface area contributed by atoms with Gasteiger partial charge in [0.1, 0.15) is 0 Å². The van der Waals surface area contributed by atoms with Crippen LogP contribution in [0.2, 0.25) is 0 Å². The van der Waals surface area contributed by atoms with Crippen molar-refractivity contribution in [2.24, 2.45) is 5.14 Å². The van der Waals surface area contributed by atoms with Crippen LogP contribution in [0.4, 0.5) is 0 Å². The fourth-order valence-electron chi connectivity index (χ4n) is 0.605. The summed E-state index contributed by atoms with van der Waals surface area (Å²) in [5, 5.41) is 4.68. The SMILES string of the molecule is CCCCOCCNS(N)(=O)=O. The molecule has 0 fully saturated rings. The lowest BCUT2D eigenvalue weighted by molar-refractivity contribution is 0.136. The minimum Gasteiger partial charge on any atom is -0.380 e. The van der Waals surface area contributed by atoms with Crippen LogP contribution in [0.25, 0.3) is 0 Å². The van der Waals surface area contributed by atoms with Crippen molar-refractivity contribution >= 4 is 10.2 Å². The van der Waals surface area contributed by atoms with Gasteiger partial charge in [-0.15, -0.1) is 0 Å². The van der Waals surface area contributed by atoms with E-state index in [1.54, 1.807) is 0 Å². The van der Waals surface area contributed by atoms with Crippen LogP contribution in [-0.2, 0) is 14.9 Å². The van der Waals surface area contributed by atoms with E-state index in [1.165, 1.54) is 0 Å². The Bertz CT molecular complexity index is 191. The Kier molecular flexibility index (Phi) is 6.27. The second-order valence-electron chi connectivity index (χ2n) is 2.41. The second kappa shape index (κ2) is 6.36. The van der Waals surface area contributed by atoms with E-state index in [0.717, 1.165) is 12.8 Å². The summed E-state index contributed by atoms with van der Waals surface area (Å²) < 4.78 is 27.9. The fourth-order valence-corrected chi connectivity index (χ4v) is 0.972. The third kappa shape index (κ3) is 9.83. The molecule has 74 valence electrons. The first kappa shape index (κ1) is 11.8. The summed E-state index contributed by atoms with van der Waals surface area (Å²) in [6.45, 7) is 3.34. The maximum absolute atomic E-state index is 10.3. The van der Waals surface area contributed by atoms with Gasteiger partial charge in [0.2, 0.25) is 0 Å². The van der Waals surface area contributed by atoms with Crippen LogP contribution in [0.15, 0.2) is 0 Å². The number of hydrogen-bond donors (Lipinski definition) is 2. The summed E-state index contributed by atoms with van der Waals surface area (Å²) >= 11 is 0. The molecular weight excluding hydrogens is 180 g/mol. The van der Waals surface area contributed by atoms with Crippen LogP contribution < -0.4 is 9.86 Å². The van der Waals surface area contributed by atoms with Crippen LogP contribution in [-0.4, -0.2) is 28.2 Å². The quantitative estimate of drug-likeness (QED) is 0.543. The molecule has 0 aliphatic rings. The van der Waals surface area contributed by atoms with Crippen molar-refractivity contribution in [2.75, 3.05) is 19.8 Å². The highest BCUT2D eigenvalue weighted by atomic mass is 32.2. The number of nitrogens with one attached hydrogen (secondary N) is 1. The Morgan fingerprint density at radius 3 is 2.58 bits per heavy atom. The number of unbranched alkanes of at least 4 members (excludes halogenated alkanes) is 1. The zero-order valence-corrected chi connectivity index (χ0v) is 8.06. The van der Waals surface area contributed by atoms with Gasteiger partial charge in [-0.2, -0.15) is 8.42 Å². The predicted molar refractivity (Wildman–Crippen MR) is 46.8 cm³/mol. The summed E-state index contributed by atoms with van der Waals surface area (Å²) in [5.74, 6) is 0. The van der Waals surface area contributed by atoms with Crippen molar-refractivity contribution in [2.45, 2.75) is 19.8 Å². The van der Waals surface area contributed by atoms with Crippen molar-refractivity contribution in [1.82, 2.24) is 4.72 Å². The van der Waals surface area contributed by atoms with Gasteiger partial charge < -0.3 is 4.74 Å². The average molecular weight is 196 g/mol. The molecule has 0 atom stereocenters. The Hall–Kier alpha value is -0.170. The molecule has 0 aromatic rings. The molecule has 0 rings (SSSR count). The molecule has 3 N–H and O–H groups in total. The average Bonchev–Trinajstić information content (AvgIpc) is 1.94. The lowest BCUT2D eigenvalue weighted by atomic mass is 10.4. The topological polar surface area (TPSA) is 81.4 Å². The molecule has 6 heteroatoms. The lowest BCUT2D eigenvalue weighted by Crippen LogP contribution is -2.33. The van der Waals surface area contributed by atoms with Crippen LogP contribution in [0.5, 0.6) is 0 Å². The number of ether oxygens (including phenoxy) is 1. The first-order chi connectivity index (χ1) is 5.56. The lowest BCUT2D eigenvalue weighted by Gasteiger charge is -2.02. The summed E-state index contributed by atoms with van der Waals surface area (Å²) in [4.78, 5) is 0. The molecule has 0 amide bonds. The first-order valence-electron chi connectivity index (χ1n) is 3.91. The van der Waals surface area contributed by atoms with E-state index < -0.39 is 10.2 Å². The van der Waals surface area contributed by atoms with Gasteiger partial charge in [-0.25, -0.2) is 9.86 Å². The van der Waals surface area contributed by atoms with Crippen molar-refractivity contribution < 1.29 is 13.2 Å². The molecule has 0 aromatic carbocycles. The second-order valence-corrected chi connectivity index (χ2v) is 3.78. The minimum absolute atomic E-state index is 0.239. The first-order valence-corrected chi connectivity index (χ1v) is 5.46. The van der Waals surface area contributed by atoms with E-state index in [0.29, 0.717) is 13.2 Å². The monoisotopic (exact) mass is 196 g/mol. The van der Waals surface area contributed by atoms with Crippen molar-refractivity contribution in [3.05, 3.63) is 0 Å². The van der Waals surface area contributed by atoms with E-state index in [1.807, 2.05) is 0 Å². The molecule has 0 bridgehead atoms. The van der Waals surface area contributed by atoms with Crippen LogP contribution >= 0.6 is 0 Å². The van der Waals surface area contributed by atoms with Gasteiger partial charge in [0.05, 0.1) is 6.61 Å². The number of nitrogens with two attached hydrogens (primary N) is 1. The smallest absolute Gasteiger partial charge is 0.274 e. The molecule has 5 nitrogen and oxygen atoms in total. The van der Waals surface area contributed by atoms with Crippen LogP contribution in [0.1, 0.15) is 19.8 Å². The highest BCUT2D eigenvalue weighted by Gasteiger charge is 1.98. The predicted octanol–water partition coefficient (Wildman–Crippen LogP) is -0.404.